The van der Waals surface area contributed by atoms with Crippen LogP contribution in [0.25, 0.3) is 0 Å². The van der Waals surface area contributed by atoms with Crippen LogP contribution in [0.5, 0.6) is 0 Å². The molecule has 0 amide bonds. The van der Waals surface area contributed by atoms with Gasteiger partial charge in [0.1, 0.15) is 0 Å². The van der Waals surface area contributed by atoms with Crippen LogP contribution in [0.2, 0.25) is 0 Å². The van der Waals surface area contributed by atoms with E-state index in [1.165, 1.54) is 37.7 Å². The molecule has 0 saturated heterocycles. The van der Waals surface area contributed by atoms with Gasteiger partial charge >= 0.3 is 0 Å². The fraction of sp³-hybridized carbons (Fsp3) is 0.600. The van der Waals surface area contributed by atoms with E-state index < -0.39 is 0 Å². The molecule has 2 aliphatic rings. The Morgan fingerprint density at radius 2 is 2.06 bits per heavy atom. The standard InChI is InChI=1S/C15H18Br2O/c16-12-5-3-4-11(8-12)10-18-14-9-13(17)15(14)6-1-2-7-15/h3-5,8,13-14H,1-2,6-7,9-10H2. The maximum atomic E-state index is 6.18. The lowest BCUT2D eigenvalue weighted by Gasteiger charge is -2.51. The quantitative estimate of drug-likeness (QED) is 0.672. The molecule has 1 spiro atoms. The van der Waals surface area contributed by atoms with Crippen LogP contribution in [0.4, 0.5) is 0 Å². The second-order valence-electron chi connectivity index (χ2n) is 5.57. The lowest BCUT2D eigenvalue weighted by Crippen LogP contribution is -2.53. The van der Waals surface area contributed by atoms with E-state index in [1.54, 1.807) is 0 Å². The molecule has 0 bridgehead atoms. The van der Waals surface area contributed by atoms with Crippen LogP contribution in [0.1, 0.15) is 37.7 Å². The zero-order chi connectivity index (χ0) is 12.6. The second-order valence-corrected chi connectivity index (χ2v) is 7.59. The number of benzene rings is 1. The Balaban J connectivity index is 1.61. The van der Waals surface area contributed by atoms with E-state index in [0.717, 1.165) is 11.1 Å². The average molecular weight is 374 g/mol. The molecule has 0 aliphatic heterocycles. The molecule has 2 aliphatic carbocycles. The van der Waals surface area contributed by atoms with Crippen LogP contribution >= 0.6 is 31.9 Å². The third-order valence-corrected chi connectivity index (χ3v) is 6.34. The van der Waals surface area contributed by atoms with E-state index in [2.05, 4.69) is 56.1 Å². The van der Waals surface area contributed by atoms with Crippen LogP contribution in [-0.4, -0.2) is 10.9 Å². The van der Waals surface area contributed by atoms with Crippen molar-refractivity contribution >= 4 is 31.9 Å². The third kappa shape index (κ3) is 2.30. The van der Waals surface area contributed by atoms with Crippen molar-refractivity contribution in [2.75, 3.05) is 0 Å². The summed E-state index contributed by atoms with van der Waals surface area (Å²) >= 11 is 7.34. The second kappa shape index (κ2) is 5.26. The van der Waals surface area contributed by atoms with Crippen LogP contribution in [-0.2, 0) is 11.3 Å². The maximum absolute atomic E-state index is 6.18. The summed E-state index contributed by atoms with van der Waals surface area (Å²) in [6.45, 7) is 0.742. The van der Waals surface area contributed by atoms with Crippen LogP contribution in [0, 0.1) is 5.41 Å². The number of alkyl halides is 1. The average Bonchev–Trinajstić information content (AvgIpc) is 2.86. The first-order valence-corrected chi connectivity index (χ1v) is 8.42. The highest BCUT2D eigenvalue weighted by molar-refractivity contribution is 9.10. The smallest absolute Gasteiger partial charge is 0.0721 e. The minimum atomic E-state index is 0.450. The van der Waals surface area contributed by atoms with Crippen molar-refractivity contribution in [3.8, 4) is 0 Å². The van der Waals surface area contributed by atoms with Crippen molar-refractivity contribution in [2.24, 2.45) is 5.41 Å². The number of hydrogen-bond donors (Lipinski definition) is 0. The first-order chi connectivity index (χ1) is 8.71. The Labute approximate surface area is 126 Å². The highest BCUT2D eigenvalue weighted by atomic mass is 79.9. The minimum Gasteiger partial charge on any atom is -0.373 e. The van der Waals surface area contributed by atoms with Crippen LogP contribution in [0.15, 0.2) is 28.7 Å². The lowest BCUT2D eigenvalue weighted by atomic mass is 9.64. The molecule has 0 heterocycles. The Morgan fingerprint density at radius 1 is 1.28 bits per heavy atom. The predicted molar refractivity (Wildman–Crippen MR) is 81.0 cm³/mol. The van der Waals surface area contributed by atoms with Crippen molar-refractivity contribution < 1.29 is 4.74 Å². The molecule has 18 heavy (non-hydrogen) atoms. The van der Waals surface area contributed by atoms with Crippen molar-refractivity contribution in [1.82, 2.24) is 0 Å². The summed E-state index contributed by atoms with van der Waals surface area (Å²) in [5.74, 6) is 0. The fourth-order valence-corrected chi connectivity index (χ4v) is 4.96. The molecule has 2 atom stereocenters. The summed E-state index contributed by atoms with van der Waals surface area (Å²) in [6.07, 6.45) is 7.06. The SMILES string of the molecule is Brc1cccc(COC2CC(Br)C23CCCC3)c1. The predicted octanol–water partition coefficient (Wildman–Crippen LogP) is 5.06. The fourth-order valence-electron chi connectivity index (χ4n) is 3.42. The third-order valence-electron chi connectivity index (χ3n) is 4.56. The summed E-state index contributed by atoms with van der Waals surface area (Å²) in [4.78, 5) is 0.681. The number of rotatable bonds is 3. The van der Waals surface area contributed by atoms with Gasteiger partial charge < -0.3 is 4.74 Å². The van der Waals surface area contributed by atoms with Gasteiger partial charge in [0, 0.05) is 14.7 Å². The van der Waals surface area contributed by atoms with Crippen molar-refractivity contribution in [2.45, 2.75) is 49.6 Å². The van der Waals surface area contributed by atoms with E-state index in [-0.39, 0.29) is 0 Å². The summed E-state index contributed by atoms with van der Waals surface area (Å²) in [5, 5.41) is 0. The number of ether oxygens (including phenoxy) is 1. The first-order valence-electron chi connectivity index (χ1n) is 6.71. The Hall–Kier alpha value is 0.140. The molecule has 0 aromatic heterocycles. The van der Waals surface area contributed by atoms with E-state index in [4.69, 9.17) is 4.74 Å². The maximum Gasteiger partial charge on any atom is 0.0721 e. The zero-order valence-electron chi connectivity index (χ0n) is 10.4. The topological polar surface area (TPSA) is 9.23 Å². The monoisotopic (exact) mass is 372 g/mol. The minimum absolute atomic E-state index is 0.450. The lowest BCUT2D eigenvalue weighted by molar-refractivity contribution is -0.108. The van der Waals surface area contributed by atoms with Crippen LogP contribution in [0.3, 0.4) is 0 Å². The van der Waals surface area contributed by atoms with Gasteiger partial charge in [-0.25, -0.2) is 0 Å². The van der Waals surface area contributed by atoms with Gasteiger partial charge in [0.05, 0.1) is 12.7 Å². The first kappa shape index (κ1) is 13.1. The molecule has 3 rings (SSSR count). The molecule has 98 valence electrons. The number of hydrogen-bond acceptors (Lipinski definition) is 1. The molecule has 0 radical (unpaired) electrons. The van der Waals surface area contributed by atoms with Gasteiger partial charge in [-0.05, 0) is 37.0 Å². The van der Waals surface area contributed by atoms with Gasteiger partial charge in [-0.15, -0.1) is 0 Å². The summed E-state index contributed by atoms with van der Waals surface area (Å²) in [5.41, 5.74) is 1.71. The van der Waals surface area contributed by atoms with E-state index in [0.29, 0.717) is 16.3 Å². The summed E-state index contributed by atoms with van der Waals surface area (Å²) in [6, 6.07) is 8.41. The highest BCUT2D eigenvalue weighted by Crippen LogP contribution is 2.57. The molecular weight excluding hydrogens is 356 g/mol. The molecule has 1 nitrogen and oxygen atoms in total. The molecular formula is C15H18Br2O. The molecule has 2 saturated carbocycles. The van der Waals surface area contributed by atoms with Crippen LogP contribution < -0.4 is 0 Å². The van der Waals surface area contributed by atoms with Gasteiger partial charge in [0.15, 0.2) is 0 Å². The van der Waals surface area contributed by atoms with Gasteiger partial charge in [-0.3, -0.25) is 0 Å². The van der Waals surface area contributed by atoms with Crippen molar-refractivity contribution in [1.29, 1.82) is 0 Å². The van der Waals surface area contributed by atoms with Crippen molar-refractivity contribution in [3.63, 3.8) is 0 Å². The Morgan fingerprint density at radius 3 is 2.72 bits per heavy atom. The molecule has 3 heteroatoms. The molecule has 2 unspecified atom stereocenters. The zero-order valence-corrected chi connectivity index (χ0v) is 13.5. The molecule has 1 aromatic rings. The van der Waals surface area contributed by atoms with E-state index >= 15 is 0 Å². The van der Waals surface area contributed by atoms with Gasteiger partial charge in [-0.1, -0.05) is 56.8 Å². The normalized spacial score (nSPS) is 29.4. The van der Waals surface area contributed by atoms with Gasteiger partial charge in [-0.2, -0.15) is 0 Å². The van der Waals surface area contributed by atoms with Gasteiger partial charge in [0.2, 0.25) is 0 Å². The van der Waals surface area contributed by atoms with E-state index in [1.807, 2.05) is 0 Å². The van der Waals surface area contributed by atoms with Crippen molar-refractivity contribution in [3.05, 3.63) is 34.3 Å². The highest BCUT2D eigenvalue weighted by Gasteiger charge is 2.55. The summed E-state index contributed by atoms with van der Waals surface area (Å²) in [7, 11) is 0. The summed E-state index contributed by atoms with van der Waals surface area (Å²) < 4.78 is 7.31. The van der Waals surface area contributed by atoms with Gasteiger partial charge in [0.25, 0.3) is 0 Å². The Kier molecular flexibility index (Phi) is 3.84. The number of halogens is 2. The van der Waals surface area contributed by atoms with E-state index in [9.17, 15) is 0 Å². The largest absolute Gasteiger partial charge is 0.373 e. The Bertz CT molecular complexity index is 426. The molecule has 2 fully saturated rings. The molecule has 1 aromatic carbocycles. The molecule has 0 N–H and O–H groups in total.